The minimum atomic E-state index is 0.0567. The summed E-state index contributed by atoms with van der Waals surface area (Å²) in [6.07, 6.45) is 3.72. The number of amides is 3. The molecule has 0 radical (unpaired) electrons. The lowest BCUT2D eigenvalue weighted by Crippen LogP contribution is -2.53. The van der Waals surface area contributed by atoms with E-state index in [1.165, 1.54) is 11.1 Å². The van der Waals surface area contributed by atoms with Crippen LogP contribution in [0.3, 0.4) is 0 Å². The molecule has 2 aliphatic rings. The van der Waals surface area contributed by atoms with Gasteiger partial charge in [0.05, 0.1) is 0 Å². The fraction of sp³-hybridized carbons (Fsp3) is 0.636. The van der Waals surface area contributed by atoms with Gasteiger partial charge in [-0.3, -0.25) is 9.69 Å². The van der Waals surface area contributed by atoms with Crippen LogP contribution in [0.15, 0.2) is 24.3 Å². The summed E-state index contributed by atoms with van der Waals surface area (Å²) >= 11 is 0. The van der Waals surface area contributed by atoms with E-state index < -0.39 is 0 Å². The molecule has 28 heavy (non-hydrogen) atoms. The molecule has 2 aliphatic heterocycles. The van der Waals surface area contributed by atoms with Gasteiger partial charge in [0, 0.05) is 58.8 Å². The van der Waals surface area contributed by atoms with E-state index in [1.807, 2.05) is 11.9 Å². The summed E-state index contributed by atoms with van der Waals surface area (Å²) < 4.78 is 0. The summed E-state index contributed by atoms with van der Waals surface area (Å²) in [7, 11) is 1.85. The van der Waals surface area contributed by atoms with E-state index in [9.17, 15) is 9.59 Å². The third kappa shape index (κ3) is 5.25. The molecule has 1 N–H and O–H groups in total. The van der Waals surface area contributed by atoms with Crippen LogP contribution in [-0.2, 0) is 11.3 Å². The molecule has 154 valence electrons. The molecule has 2 heterocycles. The number of nitrogens with one attached hydrogen (secondary N) is 1. The van der Waals surface area contributed by atoms with Crippen molar-refractivity contribution < 1.29 is 9.59 Å². The summed E-state index contributed by atoms with van der Waals surface area (Å²) in [6, 6.07) is 9.13. The standard InChI is InChI=1S/C22H34N4O2/c1-17-6-4-5-7-19(17)16-25-12-8-20(9-13-25)23-22(28)26-14-10-21(11-15-26)24(3)18(2)27/h4-7,20-21H,8-16H2,1-3H3,(H,23,28). The molecule has 0 bridgehead atoms. The molecule has 0 aromatic heterocycles. The Morgan fingerprint density at radius 1 is 1.07 bits per heavy atom. The zero-order valence-electron chi connectivity index (χ0n) is 17.5. The highest BCUT2D eigenvalue weighted by Crippen LogP contribution is 2.18. The second-order valence-electron chi connectivity index (χ2n) is 8.27. The number of nitrogens with zero attached hydrogens (tertiary/aromatic N) is 3. The number of likely N-dealkylation sites (tertiary alicyclic amines) is 2. The maximum Gasteiger partial charge on any atom is 0.317 e. The summed E-state index contributed by atoms with van der Waals surface area (Å²) in [6.45, 7) is 8.24. The van der Waals surface area contributed by atoms with Gasteiger partial charge in [0.2, 0.25) is 5.91 Å². The molecule has 6 nitrogen and oxygen atoms in total. The van der Waals surface area contributed by atoms with Crippen LogP contribution in [0, 0.1) is 6.92 Å². The third-order valence-corrected chi connectivity index (χ3v) is 6.37. The number of carbonyl (C=O) groups excluding carboxylic acids is 2. The third-order valence-electron chi connectivity index (χ3n) is 6.37. The molecule has 3 amide bonds. The fourth-order valence-electron chi connectivity index (χ4n) is 4.24. The molecule has 0 unspecified atom stereocenters. The average molecular weight is 387 g/mol. The van der Waals surface area contributed by atoms with E-state index in [4.69, 9.17) is 0 Å². The Morgan fingerprint density at radius 2 is 1.71 bits per heavy atom. The number of hydrogen-bond donors (Lipinski definition) is 1. The molecule has 2 fully saturated rings. The molecule has 0 saturated carbocycles. The van der Waals surface area contributed by atoms with Gasteiger partial charge in [0.1, 0.15) is 0 Å². The van der Waals surface area contributed by atoms with E-state index >= 15 is 0 Å². The molecular formula is C22H34N4O2. The van der Waals surface area contributed by atoms with Crippen LogP contribution in [0.2, 0.25) is 0 Å². The van der Waals surface area contributed by atoms with Crippen molar-refractivity contribution in [1.82, 2.24) is 20.0 Å². The topological polar surface area (TPSA) is 55.9 Å². The van der Waals surface area contributed by atoms with Crippen LogP contribution >= 0.6 is 0 Å². The van der Waals surface area contributed by atoms with E-state index in [1.54, 1.807) is 11.8 Å². The number of urea groups is 1. The Morgan fingerprint density at radius 3 is 2.32 bits per heavy atom. The average Bonchev–Trinajstić information content (AvgIpc) is 2.70. The number of piperidine rings is 2. The highest BCUT2D eigenvalue weighted by Gasteiger charge is 2.28. The summed E-state index contributed by atoms with van der Waals surface area (Å²) in [4.78, 5) is 30.3. The molecular weight excluding hydrogens is 352 g/mol. The van der Waals surface area contributed by atoms with Gasteiger partial charge in [-0.25, -0.2) is 4.79 Å². The Hall–Kier alpha value is -2.08. The van der Waals surface area contributed by atoms with E-state index in [0.29, 0.717) is 0 Å². The van der Waals surface area contributed by atoms with Crippen molar-refractivity contribution in [2.45, 2.75) is 58.2 Å². The molecule has 0 aliphatic carbocycles. The number of aryl methyl sites for hydroxylation is 1. The van der Waals surface area contributed by atoms with Gasteiger partial charge < -0.3 is 15.1 Å². The first-order valence-electron chi connectivity index (χ1n) is 10.5. The molecule has 6 heteroatoms. The summed E-state index contributed by atoms with van der Waals surface area (Å²) in [5.41, 5.74) is 2.74. The Labute approximate surface area is 168 Å². The minimum Gasteiger partial charge on any atom is -0.343 e. The van der Waals surface area contributed by atoms with E-state index in [2.05, 4.69) is 41.4 Å². The minimum absolute atomic E-state index is 0.0567. The second-order valence-corrected chi connectivity index (χ2v) is 8.27. The van der Waals surface area contributed by atoms with Crippen LogP contribution in [0.5, 0.6) is 0 Å². The maximum absolute atomic E-state index is 12.6. The summed E-state index contributed by atoms with van der Waals surface area (Å²) in [5, 5.41) is 3.23. The van der Waals surface area contributed by atoms with Crippen molar-refractivity contribution in [2.24, 2.45) is 0 Å². The highest BCUT2D eigenvalue weighted by molar-refractivity contribution is 5.75. The molecule has 0 spiro atoms. The van der Waals surface area contributed by atoms with Gasteiger partial charge >= 0.3 is 6.03 Å². The SMILES string of the molecule is CC(=O)N(C)C1CCN(C(=O)NC2CCN(Cc3ccccc3C)CC2)CC1. The molecule has 3 rings (SSSR count). The van der Waals surface area contributed by atoms with Crippen molar-refractivity contribution in [1.29, 1.82) is 0 Å². The van der Waals surface area contributed by atoms with Crippen molar-refractivity contribution in [3.8, 4) is 0 Å². The van der Waals surface area contributed by atoms with Gasteiger partial charge in [-0.1, -0.05) is 24.3 Å². The first kappa shape index (κ1) is 20.6. The van der Waals surface area contributed by atoms with Crippen LogP contribution in [0.25, 0.3) is 0 Å². The van der Waals surface area contributed by atoms with Gasteiger partial charge in [-0.15, -0.1) is 0 Å². The predicted molar refractivity (Wildman–Crippen MR) is 111 cm³/mol. The first-order valence-corrected chi connectivity index (χ1v) is 10.5. The second kappa shape index (κ2) is 9.41. The lowest BCUT2D eigenvalue weighted by atomic mass is 10.0. The van der Waals surface area contributed by atoms with Crippen LogP contribution < -0.4 is 5.32 Å². The fourth-order valence-corrected chi connectivity index (χ4v) is 4.24. The van der Waals surface area contributed by atoms with Gasteiger partial charge in [0.15, 0.2) is 0 Å². The van der Waals surface area contributed by atoms with Gasteiger partial charge in [-0.2, -0.15) is 0 Å². The van der Waals surface area contributed by atoms with Gasteiger partial charge in [0.25, 0.3) is 0 Å². The Balaban J connectivity index is 1.39. The number of benzene rings is 1. The van der Waals surface area contributed by atoms with Crippen molar-refractivity contribution in [3.63, 3.8) is 0 Å². The highest BCUT2D eigenvalue weighted by atomic mass is 16.2. The normalized spacial score (nSPS) is 19.5. The first-order chi connectivity index (χ1) is 13.4. The number of rotatable bonds is 4. The van der Waals surface area contributed by atoms with E-state index in [-0.39, 0.29) is 24.0 Å². The lowest BCUT2D eigenvalue weighted by Gasteiger charge is -2.38. The maximum atomic E-state index is 12.6. The zero-order chi connectivity index (χ0) is 20.1. The predicted octanol–water partition coefficient (Wildman–Crippen LogP) is 2.61. The Bertz CT molecular complexity index is 677. The molecule has 1 aromatic rings. The number of carbonyl (C=O) groups is 2. The van der Waals surface area contributed by atoms with Crippen molar-refractivity contribution in [2.75, 3.05) is 33.2 Å². The largest absolute Gasteiger partial charge is 0.343 e. The molecule has 2 saturated heterocycles. The quantitative estimate of drug-likeness (QED) is 0.865. The number of hydrogen-bond acceptors (Lipinski definition) is 3. The lowest BCUT2D eigenvalue weighted by molar-refractivity contribution is -0.130. The van der Waals surface area contributed by atoms with Crippen LogP contribution in [-0.4, -0.2) is 71.9 Å². The monoisotopic (exact) mass is 386 g/mol. The summed E-state index contributed by atoms with van der Waals surface area (Å²) in [5.74, 6) is 0.0976. The van der Waals surface area contributed by atoms with Crippen molar-refractivity contribution in [3.05, 3.63) is 35.4 Å². The zero-order valence-corrected chi connectivity index (χ0v) is 17.5. The van der Waals surface area contributed by atoms with Gasteiger partial charge in [-0.05, 0) is 43.7 Å². The molecule has 0 atom stereocenters. The van der Waals surface area contributed by atoms with E-state index in [0.717, 1.165) is 58.4 Å². The smallest absolute Gasteiger partial charge is 0.317 e. The van der Waals surface area contributed by atoms with Crippen LogP contribution in [0.1, 0.15) is 43.7 Å². The van der Waals surface area contributed by atoms with Crippen molar-refractivity contribution >= 4 is 11.9 Å². The Kier molecular flexibility index (Phi) is 6.94. The molecule has 1 aromatic carbocycles. The van der Waals surface area contributed by atoms with Crippen LogP contribution in [0.4, 0.5) is 4.79 Å².